The molecule has 0 radical (unpaired) electrons. The standard InChI is InChI=1S/C18H37N3/c1-5-21-13-9-17(10-14-21)16(2)19-15-18(20(3)4)11-7-6-8-12-18/h16-17,19H,5-15H2,1-4H3. The SMILES string of the molecule is CCN1CCC(C(C)NCC2(N(C)C)CCCCC2)CC1. The van der Waals surface area contributed by atoms with Crippen molar-refractivity contribution in [2.24, 2.45) is 5.92 Å². The Kier molecular flexibility index (Phi) is 6.51. The maximum absolute atomic E-state index is 3.92. The van der Waals surface area contributed by atoms with Crippen molar-refractivity contribution >= 4 is 0 Å². The molecule has 124 valence electrons. The summed E-state index contributed by atoms with van der Waals surface area (Å²) in [6, 6.07) is 0.669. The molecule has 1 N–H and O–H groups in total. The summed E-state index contributed by atoms with van der Waals surface area (Å²) >= 11 is 0. The van der Waals surface area contributed by atoms with Crippen LogP contribution in [0.3, 0.4) is 0 Å². The Morgan fingerprint density at radius 1 is 1.14 bits per heavy atom. The third-order valence-electron chi connectivity index (χ3n) is 6.27. The highest BCUT2D eigenvalue weighted by Crippen LogP contribution is 2.32. The van der Waals surface area contributed by atoms with Crippen LogP contribution >= 0.6 is 0 Å². The third kappa shape index (κ3) is 4.43. The van der Waals surface area contributed by atoms with Gasteiger partial charge in [-0.15, -0.1) is 0 Å². The van der Waals surface area contributed by atoms with Gasteiger partial charge >= 0.3 is 0 Å². The fraction of sp³-hybridized carbons (Fsp3) is 1.00. The first-order valence-electron chi connectivity index (χ1n) is 9.20. The van der Waals surface area contributed by atoms with E-state index in [9.17, 15) is 0 Å². The Morgan fingerprint density at radius 2 is 1.76 bits per heavy atom. The molecule has 0 bridgehead atoms. The zero-order valence-corrected chi connectivity index (χ0v) is 14.8. The average Bonchev–Trinajstić information content (AvgIpc) is 2.53. The van der Waals surface area contributed by atoms with E-state index >= 15 is 0 Å². The van der Waals surface area contributed by atoms with Crippen LogP contribution in [0.5, 0.6) is 0 Å². The summed E-state index contributed by atoms with van der Waals surface area (Å²) in [5.74, 6) is 0.871. The first kappa shape index (κ1) is 17.2. The zero-order chi connectivity index (χ0) is 15.3. The van der Waals surface area contributed by atoms with E-state index in [0.717, 1.165) is 5.92 Å². The molecule has 2 fully saturated rings. The van der Waals surface area contributed by atoms with Gasteiger partial charge in [0.15, 0.2) is 0 Å². The predicted molar refractivity (Wildman–Crippen MR) is 91.8 cm³/mol. The predicted octanol–water partition coefficient (Wildman–Crippen LogP) is 2.96. The van der Waals surface area contributed by atoms with Gasteiger partial charge in [0.05, 0.1) is 0 Å². The molecular formula is C18H37N3. The van der Waals surface area contributed by atoms with Crippen molar-refractivity contribution in [2.45, 2.75) is 70.4 Å². The largest absolute Gasteiger partial charge is 0.312 e. The minimum atomic E-state index is 0.413. The number of hydrogen-bond donors (Lipinski definition) is 1. The number of hydrogen-bond acceptors (Lipinski definition) is 3. The van der Waals surface area contributed by atoms with Crippen LogP contribution in [0.2, 0.25) is 0 Å². The molecule has 1 saturated carbocycles. The van der Waals surface area contributed by atoms with Gasteiger partial charge in [0.1, 0.15) is 0 Å². The smallest absolute Gasteiger partial charge is 0.0327 e. The van der Waals surface area contributed by atoms with Crippen LogP contribution in [0.25, 0.3) is 0 Å². The molecule has 1 heterocycles. The number of rotatable bonds is 6. The fourth-order valence-electron chi connectivity index (χ4n) is 4.28. The molecule has 1 aliphatic heterocycles. The highest BCUT2D eigenvalue weighted by Gasteiger charge is 2.35. The lowest BCUT2D eigenvalue weighted by atomic mass is 9.80. The highest BCUT2D eigenvalue weighted by molar-refractivity contribution is 4.94. The van der Waals surface area contributed by atoms with Crippen molar-refractivity contribution in [1.29, 1.82) is 0 Å². The molecule has 1 atom stereocenters. The highest BCUT2D eigenvalue weighted by atomic mass is 15.2. The molecule has 0 aromatic rings. The molecule has 0 aromatic heterocycles. The molecule has 0 amide bonds. The molecule has 3 nitrogen and oxygen atoms in total. The van der Waals surface area contributed by atoms with Crippen LogP contribution in [-0.4, -0.2) is 61.7 Å². The van der Waals surface area contributed by atoms with E-state index in [0.29, 0.717) is 11.6 Å². The number of likely N-dealkylation sites (tertiary alicyclic amines) is 1. The molecule has 3 heteroatoms. The number of piperidine rings is 1. The molecular weight excluding hydrogens is 258 g/mol. The topological polar surface area (TPSA) is 18.5 Å². The average molecular weight is 296 g/mol. The molecule has 2 rings (SSSR count). The number of likely N-dealkylation sites (N-methyl/N-ethyl adjacent to an activating group) is 1. The summed E-state index contributed by atoms with van der Waals surface area (Å²) in [5.41, 5.74) is 0.413. The number of nitrogens with one attached hydrogen (secondary N) is 1. The van der Waals surface area contributed by atoms with Gasteiger partial charge in [-0.3, -0.25) is 0 Å². The molecule has 1 unspecified atom stereocenters. The number of nitrogens with zero attached hydrogens (tertiary/aromatic N) is 2. The van der Waals surface area contributed by atoms with Crippen LogP contribution in [0.4, 0.5) is 0 Å². The maximum Gasteiger partial charge on any atom is 0.0327 e. The van der Waals surface area contributed by atoms with Gasteiger partial charge < -0.3 is 15.1 Å². The lowest BCUT2D eigenvalue weighted by Gasteiger charge is -2.45. The molecule has 1 saturated heterocycles. The van der Waals surface area contributed by atoms with Crippen LogP contribution in [0.1, 0.15) is 58.8 Å². The van der Waals surface area contributed by atoms with Gasteiger partial charge in [-0.25, -0.2) is 0 Å². The second kappa shape index (κ2) is 7.94. The zero-order valence-electron chi connectivity index (χ0n) is 14.8. The van der Waals surface area contributed by atoms with E-state index in [1.54, 1.807) is 0 Å². The van der Waals surface area contributed by atoms with Gasteiger partial charge in [0.25, 0.3) is 0 Å². The Balaban J connectivity index is 1.80. The normalized spacial score (nSPS) is 26.1. The van der Waals surface area contributed by atoms with E-state index in [1.165, 1.54) is 71.1 Å². The summed E-state index contributed by atoms with van der Waals surface area (Å²) in [6.45, 7) is 9.69. The summed E-state index contributed by atoms with van der Waals surface area (Å²) in [5, 5.41) is 3.92. The minimum Gasteiger partial charge on any atom is -0.312 e. The van der Waals surface area contributed by atoms with Crippen molar-refractivity contribution in [3.8, 4) is 0 Å². The van der Waals surface area contributed by atoms with Gasteiger partial charge in [-0.1, -0.05) is 26.2 Å². The lowest BCUT2D eigenvalue weighted by Crippen LogP contribution is -2.55. The maximum atomic E-state index is 3.92. The Labute approximate surface area is 132 Å². The monoisotopic (exact) mass is 295 g/mol. The molecule has 0 spiro atoms. The van der Waals surface area contributed by atoms with Gasteiger partial charge in [-0.05, 0) is 72.3 Å². The van der Waals surface area contributed by atoms with Crippen LogP contribution < -0.4 is 5.32 Å². The first-order valence-corrected chi connectivity index (χ1v) is 9.20. The van der Waals surface area contributed by atoms with Crippen molar-refractivity contribution in [2.75, 3.05) is 40.3 Å². The quantitative estimate of drug-likeness (QED) is 0.813. The van der Waals surface area contributed by atoms with Crippen molar-refractivity contribution in [3.63, 3.8) is 0 Å². The summed E-state index contributed by atoms with van der Waals surface area (Å²) < 4.78 is 0. The van der Waals surface area contributed by atoms with Crippen LogP contribution in [0, 0.1) is 5.92 Å². The fourth-order valence-corrected chi connectivity index (χ4v) is 4.28. The van der Waals surface area contributed by atoms with E-state index < -0.39 is 0 Å². The minimum absolute atomic E-state index is 0.413. The second-order valence-corrected chi connectivity index (χ2v) is 7.62. The first-order chi connectivity index (χ1) is 10.1. The van der Waals surface area contributed by atoms with E-state index in [2.05, 4.69) is 43.1 Å². The van der Waals surface area contributed by atoms with Crippen molar-refractivity contribution < 1.29 is 0 Å². The third-order valence-corrected chi connectivity index (χ3v) is 6.27. The van der Waals surface area contributed by atoms with Gasteiger partial charge in [0, 0.05) is 18.1 Å². The van der Waals surface area contributed by atoms with Crippen LogP contribution in [-0.2, 0) is 0 Å². The van der Waals surface area contributed by atoms with E-state index in [4.69, 9.17) is 0 Å². The molecule has 2 aliphatic rings. The summed E-state index contributed by atoms with van der Waals surface area (Å²) in [7, 11) is 4.55. The molecule has 1 aliphatic carbocycles. The Bertz CT molecular complexity index is 289. The Hall–Kier alpha value is -0.120. The van der Waals surface area contributed by atoms with E-state index in [-0.39, 0.29) is 0 Å². The van der Waals surface area contributed by atoms with Gasteiger partial charge in [-0.2, -0.15) is 0 Å². The second-order valence-electron chi connectivity index (χ2n) is 7.62. The van der Waals surface area contributed by atoms with Crippen molar-refractivity contribution in [1.82, 2.24) is 15.1 Å². The molecule has 0 aromatic carbocycles. The summed E-state index contributed by atoms with van der Waals surface area (Å²) in [4.78, 5) is 5.08. The summed E-state index contributed by atoms with van der Waals surface area (Å²) in [6.07, 6.45) is 9.73. The van der Waals surface area contributed by atoms with Gasteiger partial charge in [0.2, 0.25) is 0 Å². The van der Waals surface area contributed by atoms with Crippen LogP contribution in [0.15, 0.2) is 0 Å². The Morgan fingerprint density at radius 3 is 2.29 bits per heavy atom. The molecule has 21 heavy (non-hydrogen) atoms. The van der Waals surface area contributed by atoms with E-state index in [1.807, 2.05) is 0 Å². The van der Waals surface area contributed by atoms with Crippen molar-refractivity contribution in [3.05, 3.63) is 0 Å². The lowest BCUT2D eigenvalue weighted by molar-refractivity contribution is 0.0881.